The number of rotatable bonds is 1. The van der Waals surface area contributed by atoms with Crippen molar-refractivity contribution in [2.45, 2.75) is 11.3 Å². The Balaban J connectivity index is 2.49. The minimum atomic E-state index is -3.11. The first kappa shape index (κ1) is 9.52. The molecule has 1 aromatic rings. The van der Waals surface area contributed by atoms with Crippen LogP contribution in [-0.4, -0.2) is 21.3 Å². The summed E-state index contributed by atoms with van der Waals surface area (Å²) in [4.78, 5) is 0.357. The molecule has 0 aliphatic carbocycles. The van der Waals surface area contributed by atoms with Crippen molar-refractivity contribution in [2.75, 3.05) is 12.9 Å². The monoisotopic (exact) mass is 211 g/mol. The lowest BCUT2D eigenvalue weighted by molar-refractivity contribution is 0.328. The zero-order valence-electron chi connectivity index (χ0n) is 7.86. The lowest BCUT2D eigenvalue weighted by Crippen LogP contribution is -2.10. The maximum atomic E-state index is 11.3. The average molecular weight is 211 g/mol. The molecule has 1 aliphatic heterocycles. The summed E-state index contributed by atoms with van der Waals surface area (Å²) in [7, 11) is -3.11. The Hall–Kier alpha value is -1.03. The fourth-order valence-corrected chi connectivity index (χ4v) is 2.12. The number of sulfone groups is 1. The van der Waals surface area contributed by atoms with Gasteiger partial charge in [0.25, 0.3) is 0 Å². The third kappa shape index (κ3) is 1.75. The van der Waals surface area contributed by atoms with Crippen LogP contribution in [0.4, 0.5) is 0 Å². The Morgan fingerprint density at radius 3 is 2.86 bits per heavy atom. The van der Waals surface area contributed by atoms with Gasteiger partial charge in [0.2, 0.25) is 0 Å². The number of ether oxygens (including phenoxy) is 1. The molecule has 1 aromatic carbocycles. The first-order valence-electron chi connectivity index (χ1n) is 4.35. The highest BCUT2D eigenvalue weighted by Gasteiger charge is 2.14. The molecule has 75 valence electrons. The first-order chi connectivity index (χ1) is 6.57. The maximum absolute atomic E-state index is 11.3. The minimum Gasteiger partial charge on any atom is -0.493 e. The largest absolute Gasteiger partial charge is 0.493 e. The van der Waals surface area contributed by atoms with Crippen molar-refractivity contribution in [3.8, 4) is 5.75 Å². The molecular weight excluding hydrogens is 200 g/mol. The molecule has 1 aliphatic rings. The topological polar surface area (TPSA) is 43.4 Å². The molecule has 0 N–H and O–H groups in total. The number of benzene rings is 1. The van der Waals surface area contributed by atoms with Crippen LogP contribution < -0.4 is 4.74 Å². The van der Waals surface area contributed by atoms with Gasteiger partial charge in [0.15, 0.2) is 9.84 Å². The molecule has 0 amide bonds. The molecule has 0 atom stereocenters. The number of hydrogen-bond acceptors (Lipinski definition) is 3. The average Bonchev–Trinajstić information content (AvgIpc) is 2.16. The van der Waals surface area contributed by atoms with Crippen molar-refractivity contribution >= 4 is 9.84 Å². The van der Waals surface area contributed by atoms with Crippen LogP contribution in [-0.2, 0) is 16.3 Å². The van der Waals surface area contributed by atoms with E-state index in [0.29, 0.717) is 11.5 Å². The molecule has 0 fully saturated rings. The quantitative estimate of drug-likeness (QED) is 0.701. The molecule has 1 radical (unpaired) electrons. The third-order valence-corrected chi connectivity index (χ3v) is 3.29. The summed E-state index contributed by atoms with van der Waals surface area (Å²) < 4.78 is 27.9. The van der Waals surface area contributed by atoms with Gasteiger partial charge in [0.1, 0.15) is 5.75 Å². The van der Waals surface area contributed by atoms with Gasteiger partial charge in [-0.05, 0) is 30.2 Å². The summed E-state index contributed by atoms with van der Waals surface area (Å²) in [5.74, 6) is 0.792. The summed E-state index contributed by atoms with van der Waals surface area (Å²) in [6, 6.07) is 4.98. The van der Waals surface area contributed by atoms with Crippen LogP contribution in [0, 0.1) is 6.42 Å². The van der Waals surface area contributed by atoms with E-state index < -0.39 is 9.84 Å². The van der Waals surface area contributed by atoms with Crippen LogP contribution in [0.15, 0.2) is 23.1 Å². The van der Waals surface area contributed by atoms with E-state index in [9.17, 15) is 8.42 Å². The highest BCUT2D eigenvalue weighted by molar-refractivity contribution is 7.90. The van der Waals surface area contributed by atoms with Crippen molar-refractivity contribution in [3.05, 3.63) is 30.2 Å². The maximum Gasteiger partial charge on any atom is 0.175 e. The van der Waals surface area contributed by atoms with E-state index in [2.05, 4.69) is 0 Å². The SMILES string of the molecule is CS(=O)(=O)c1ccc2c(c1)C[CH]CO2. The van der Waals surface area contributed by atoms with Crippen LogP contribution in [0.25, 0.3) is 0 Å². The summed E-state index contributed by atoms with van der Waals surface area (Å²) >= 11 is 0. The van der Waals surface area contributed by atoms with Gasteiger partial charge in [-0.3, -0.25) is 0 Å². The van der Waals surface area contributed by atoms with Gasteiger partial charge >= 0.3 is 0 Å². The highest BCUT2D eigenvalue weighted by atomic mass is 32.2. The molecule has 4 heteroatoms. The summed E-state index contributed by atoms with van der Waals surface area (Å²) in [5, 5.41) is 0. The summed E-state index contributed by atoms with van der Waals surface area (Å²) in [6.45, 7) is 0.602. The van der Waals surface area contributed by atoms with Gasteiger partial charge in [0, 0.05) is 12.7 Å². The van der Waals surface area contributed by atoms with Crippen molar-refractivity contribution < 1.29 is 13.2 Å². The first-order valence-corrected chi connectivity index (χ1v) is 6.24. The fraction of sp³-hybridized carbons (Fsp3) is 0.300. The smallest absolute Gasteiger partial charge is 0.175 e. The second-order valence-corrected chi connectivity index (χ2v) is 5.36. The van der Waals surface area contributed by atoms with Gasteiger partial charge < -0.3 is 4.74 Å². The van der Waals surface area contributed by atoms with Crippen LogP contribution in [0.1, 0.15) is 5.56 Å². The Morgan fingerprint density at radius 2 is 2.14 bits per heavy atom. The van der Waals surface area contributed by atoms with Crippen molar-refractivity contribution in [3.63, 3.8) is 0 Å². The van der Waals surface area contributed by atoms with Gasteiger partial charge in [0.05, 0.1) is 11.5 Å². The second-order valence-electron chi connectivity index (χ2n) is 3.35. The summed E-state index contributed by atoms with van der Waals surface area (Å²) in [5.41, 5.74) is 0.944. The Kier molecular flexibility index (Phi) is 2.23. The molecule has 2 rings (SSSR count). The van der Waals surface area contributed by atoms with Crippen LogP contribution in [0.3, 0.4) is 0 Å². The van der Waals surface area contributed by atoms with E-state index in [0.717, 1.165) is 17.7 Å². The molecule has 0 spiro atoms. The van der Waals surface area contributed by atoms with Crippen LogP contribution in [0.2, 0.25) is 0 Å². The highest BCUT2D eigenvalue weighted by Crippen LogP contribution is 2.26. The van der Waals surface area contributed by atoms with E-state index in [-0.39, 0.29) is 0 Å². The zero-order chi connectivity index (χ0) is 10.2. The molecular formula is C10H11O3S. The molecule has 0 saturated heterocycles. The van der Waals surface area contributed by atoms with E-state index >= 15 is 0 Å². The molecule has 0 unspecified atom stereocenters. The molecule has 1 heterocycles. The van der Waals surface area contributed by atoms with E-state index in [1.54, 1.807) is 18.2 Å². The van der Waals surface area contributed by atoms with Gasteiger partial charge in [-0.25, -0.2) is 8.42 Å². The Bertz CT molecular complexity index is 448. The van der Waals surface area contributed by atoms with Crippen molar-refractivity contribution in [1.29, 1.82) is 0 Å². The van der Waals surface area contributed by atoms with E-state index in [1.165, 1.54) is 6.26 Å². The van der Waals surface area contributed by atoms with E-state index in [1.807, 2.05) is 6.42 Å². The van der Waals surface area contributed by atoms with E-state index in [4.69, 9.17) is 4.74 Å². The number of hydrogen-bond donors (Lipinski definition) is 0. The third-order valence-electron chi connectivity index (χ3n) is 2.18. The molecule has 0 bridgehead atoms. The standard InChI is InChI=1S/C10H11O3S/c1-14(11,12)9-4-5-10-8(7-9)3-2-6-13-10/h2,4-5,7H,3,6H2,1H3. The van der Waals surface area contributed by atoms with Crippen LogP contribution >= 0.6 is 0 Å². The van der Waals surface area contributed by atoms with Crippen LogP contribution in [0.5, 0.6) is 5.75 Å². The van der Waals surface area contributed by atoms with Crippen molar-refractivity contribution in [1.82, 2.24) is 0 Å². The molecule has 0 aromatic heterocycles. The Morgan fingerprint density at radius 1 is 1.36 bits per heavy atom. The van der Waals surface area contributed by atoms with Gasteiger partial charge in [-0.2, -0.15) is 0 Å². The molecule has 0 saturated carbocycles. The second kappa shape index (κ2) is 3.28. The van der Waals surface area contributed by atoms with Crippen molar-refractivity contribution in [2.24, 2.45) is 0 Å². The normalized spacial score (nSPS) is 15.8. The van der Waals surface area contributed by atoms with Gasteiger partial charge in [-0.15, -0.1) is 0 Å². The predicted molar refractivity (Wildman–Crippen MR) is 53.1 cm³/mol. The lowest BCUT2D eigenvalue weighted by Gasteiger charge is -2.17. The summed E-state index contributed by atoms with van der Waals surface area (Å²) in [6.07, 6.45) is 3.97. The number of fused-ring (bicyclic) bond motifs is 1. The predicted octanol–water partition coefficient (Wildman–Crippen LogP) is 1.23. The molecule has 14 heavy (non-hydrogen) atoms. The molecule has 3 nitrogen and oxygen atoms in total. The minimum absolute atomic E-state index is 0.357. The van der Waals surface area contributed by atoms with Gasteiger partial charge in [-0.1, -0.05) is 0 Å². The Labute approximate surface area is 83.6 Å². The lowest BCUT2D eigenvalue weighted by atomic mass is 10.1. The fourth-order valence-electron chi connectivity index (χ4n) is 1.45. The zero-order valence-corrected chi connectivity index (χ0v) is 8.67.